The van der Waals surface area contributed by atoms with E-state index in [0.717, 1.165) is 19.3 Å². The molecule has 2 amide bonds. The van der Waals surface area contributed by atoms with Crippen LogP contribution in [0.25, 0.3) is 11.1 Å². The van der Waals surface area contributed by atoms with Crippen LogP contribution >= 0.6 is 0 Å². The Bertz CT molecular complexity index is 891. The minimum absolute atomic E-state index is 0.356. The fourth-order valence-electron chi connectivity index (χ4n) is 2.95. The van der Waals surface area contributed by atoms with Crippen molar-refractivity contribution >= 4 is 28.6 Å². The van der Waals surface area contributed by atoms with Gasteiger partial charge in [-0.1, -0.05) is 11.6 Å². The Kier molecular flexibility index (Phi) is 5.02. The Balaban J connectivity index is 1.55. The van der Waals surface area contributed by atoms with Crippen molar-refractivity contribution in [2.75, 3.05) is 11.9 Å². The van der Waals surface area contributed by atoms with Gasteiger partial charge in [0.1, 0.15) is 0 Å². The molecule has 2 N–H and O–H groups in total. The van der Waals surface area contributed by atoms with Crippen LogP contribution in [-0.4, -0.2) is 22.9 Å². The number of aromatic nitrogens is 1. The van der Waals surface area contributed by atoms with Gasteiger partial charge in [0, 0.05) is 25.3 Å². The molecule has 1 aliphatic carbocycles. The molecule has 0 unspecified atom stereocenters. The number of rotatable bonds is 4. The number of carbonyl (C=O) groups excluding carboxylic acids is 2. The van der Waals surface area contributed by atoms with Gasteiger partial charge in [0.2, 0.25) is 0 Å². The van der Waals surface area contributed by atoms with E-state index < -0.39 is 17.6 Å². The van der Waals surface area contributed by atoms with Gasteiger partial charge in [-0.3, -0.25) is 14.2 Å². The van der Waals surface area contributed by atoms with Gasteiger partial charge >= 0.3 is 17.6 Å². The van der Waals surface area contributed by atoms with Crippen molar-refractivity contribution in [3.05, 3.63) is 40.4 Å². The number of hydrogen-bond donors (Lipinski definition) is 2. The molecule has 1 aromatic heterocycles. The summed E-state index contributed by atoms with van der Waals surface area (Å²) in [5.74, 6) is -1.89. The third-order valence-electron chi connectivity index (χ3n) is 4.37. The van der Waals surface area contributed by atoms with Gasteiger partial charge in [0.05, 0.1) is 5.52 Å². The van der Waals surface area contributed by atoms with E-state index in [-0.39, 0.29) is 0 Å². The van der Waals surface area contributed by atoms with Gasteiger partial charge in [-0.25, -0.2) is 4.79 Å². The van der Waals surface area contributed by atoms with Crippen LogP contribution in [0.3, 0.4) is 0 Å². The molecule has 3 rings (SSSR count). The van der Waals surface area contributed by atoms with Crippen LogP contribution in [0.4, 0.5) is 5.69 Å². The summed E-state index contributed by atoms with van der Waals surface area (Å²) in [4.78, 5) is 35.3. The highest BCUT2D eigenvalue weighted by Gasteiger charge is 2.15. The minimum atomic E-state index is -0.741. The van der Waals surface area contributed by atoms with E-state index in [1.807, 2.05) is 0 Å². The Morgan fingerprint density at radius 1 is 1.24 bits per heavy atom. The highest BCUT2D eigenvalue weighted by Crippen LogP contribution is 2.19. The standard InChI is InChI=1S/C18H21N3O4/c1-21-14-8-7-13(11-15(14)25-18(21)24)20-17(23)16(22)19-10-9-12-5-3-2-4-6-12/h5,7-8,11H,2-4,6,9-10H2,1H3,(H,19,22)(H,20,23). The molecule has 0 bridgehead atoms. The van der Waals surface area contributed by atoms with Crippen molar-refractivity contribution in [3.8, 4) is 0 Å². The lowest BCUT2D eigenvalue weighted by molar-refractivity contribution is -0.136. The number of hydrogen-bond acceptors (Lipinski definition) is 4. The van der Waals surface area contributed by atoms with Gasteiger partial charge in [0.15, 0.2) is 5.58 Å². The quantitative estimate of drug-likeness (QED) is 0.656. The number of oxazole rings is 1. The van der Waals surface area contributed by atoms with Gasteiger partial charge in [0.25, 0.3) is 0 Å². The highest BCUT2D eigenvalue weighted by molar-refractivity contribution is 6.39. The summed E-state index contributed by atoms with van der Waals surface area (Å²) in [5, 5.41) is 5.15. The largest absolute Gasteiger partial charge is 0.419 e. The smallest absolute Gasteiger partial charge is 0.408 e. The maximum absolute atomic E-state index is 12.0. The number of amides is 2. The highest BCUT2D eigenvalue weighted by atomic mass is 16.4. The molecule has 7 nitrogen and oxygen atoms in total. The fraction of sp³-hybridized carbons (Fsp3) is 0.389. The van der Waals surface area contributed by atoms with Crippen LogP contribution in [0.2, 0.25) is 0 Å². The molecule has 7 heteroatoms. The first-order chi connectivity index (χ1) is 12.0. The molecule has 0 saturated heterocycles. The third-order valence-corrected chi connectivity index (χ3v) is 4.37. The SMILES string of the molecule is Cn1c(=O)oc2cc(NC(=O)C(=O)NCCC3=CCCCC3)ccc21. The molecule has 0 spiro atoms. The Morgan fingerprint density at radius 2 is 2.08 bits per heavy atom. The molecule has 0 fully saturated rings. The molecular formula is C18H21N3O4. The van der Waals surface area contributed by atoms with Crippen molar-refractivity contribution in [3.63, 3.8) is 0 Å². The molecule has 0 atom stereocenters. The normalized spacial score (nSPS) is 14.2. The molecule has 25 heavy (non-hydrogen) atoms. The van der Waals surface area contributed by atoms with E-state index in [1.165, 1.54) is 29.0 Å². The van der Waals surface area contributed by atoms with Gasteiger partial charge < -0.3 is 15.1 Å². The lowest BCUT2D eigenvalue weighted by atomic mass is 9.97. The predicted molar refractivity (Wildman–Crippen MR) is 94.3 cm³/mol. The van der Waals surface area contributed by atoms with Crippen LogP contribution in [0, 0.1) is 0 Å². The van der Waals surface area contributed by atoms with E-state index in [4.69, 9.17) is 4.42 Å². The second-order valence-electron chi connectivity index (χ2n) is 6.18. The van der Waals surface area contributed by atoms with E-state index in [0.29, 0.717) is 23.3 Å². The molecule has 1 aromatic carbocycles. The first kappa shape index (κ1) is 17.0. The van der Waals surface area contributed by atoms with Gasteiger partial charge in [-0.15, -0.1) is 0 Å². The zero-order valence-electron chi connectivity index (χ0n) is 14.1. The maximum atomic E-state index is 12.0. The lowest BCUT2D eigenvalue weighted by Crippen LogP contribution is -2.36. The number of benzene rings is 1. The van der Waals surface area contributed by atoms with Crippen molar-refractivity contribution in [1.82, 2.24) is 9.88 Å². The molecule has 132 valence electrons. The van der Waals surface area contributed by atoms with Crippen LogP contribution < -0.4 is 16.4 Å². The van der Waals surface area contributed by atoms with Gasteiger partial charge in [-0.05, 0) is 44.2 Å². The summed E-state index contributed by atoms with van der Waals surface area (Å²) in [6.07, 6.45) is 7.59. The zero-order valence-corrected chi connectivity index (χ0v) is 14.1. The summed E-state index contributed by atoms with van der Waals surface area (Å²) >= 11 is 0. The van der Waals surface area contributed by atoms with Gasteiger partial charge in [-0.2, -0.15) is 0 Å². The van der Waals surface area contributed by atoms with E-state index >= 15 is 0 Å². The summed E-state index contributed by atoms with van der Waals surface area (Å²) in [6.45, 7) is 0.449. The number of nitrogens with one attached hydrogen (secondary N) is 2. The van der Waals surface area contributed by atoms with E-state index in [9.17, 15) is 14.4 Å². The van der Waals surface area contributed by atoms with Crippen LogP contribution in [0.15, 0.2) is 39.1 Å². The molecule has 1 aliphatic rings. The summed E-state index contributed by atoms with van der Waals surface area (Å²) in [7, 11) is 1.60. The zero-order chi connectivity index (χ0) is 17.8. The monoisotopic (exact) mass is 343 g/mol. The summed E-state index contributed by atoms with van der Waals surface area (Å²) in [6, 6.07) is 4.80. The number of allylic oxidation sites excluding steroid dienone is 1. The van der Waals surface area contributed by atoms with Crippen molar-refractivity contribution in [1.29, 1.82) is 0 Å². The first-order valence-corrected chi connectivity index (χ1v) is 8.41. The number of fused-ring (bicyclic) bond motifs is 1. The predicted octanol–water partition coefficient (Wildman–Crippen LogP) is 2.08. The van der Waals surface area contributed by atoms with Crippen LogP contribution in [-0.2, 0) is 16.6 Å². The molecule has 0 saturated carbocycles. The molecule has 2 aromatic rings. The summed E-state index contributed by atoms with van der Waals surface area (Å²) in [5.41, 5.74) is 2.72. The number of carbonyl (C=O) groups is 2. The molecular weight excluding hydrogens is 322 g/mol. The topological polar surface area (TPSA) is 93.3 Å². The fourth-order valence-corrected chi connectivity index (χ4v) is 2.95. The Hall–Kier alpha value is -2.83. The first-order valence-electron chi connectivity index (χ1n) is 8.41. The maximum Gasteiger partial charge on any atom is 0.419 e. The third kappa shape index (κ3) is 3.99. The average Bonchev–Trinajstić information content (AvgIpc) is 2.89. The lowest BCUT2D eigenvalue weighted by Gasteiger charge is -2.12. The molecule has 0 aliphatic heterocycles. The van der Waals surface area contributed by atoms with Crippen molar-refractivity contribution in [2.45, 2.75) is 32.1 Å². The van der Waals surface area contributed by atoms with Crippen LogP contribution in [0.1, 0.15) is 32.1 Å². The Labute approximate surface area is 144 Å². The number of aryl methyl sites for hydroxylation is 1. The molecule has 1 heterocycles. The minimum Gasteiger partial charge on any atom is -0.408 e. The molecule has 0 radical (unpaired) electrons. The Morgan fingerprint density at radius 3 is 2.84 bits per heavy atom. The number of anilines is 1. The summed E-state index contributed by atoms with van der Waals surface area (Å²) < 4.78 is 6.43. The van der Waals surface area contributed by atoms with Crippen molar-refractivity contribution < 1.29 is 14.0 Å². The number of nitrogens with zero attached hydrogens (tertiary/aromatic N) is 1. The van der Waals surface area contributed by atoms with Crippen molar-refractivity contribution in [2.24, 2.45) is 7.05 Å². The van der Waals surface area contributed by atoms with E-state index in [1.54, 1.807) is 19.2 Å². The van der Waals surface area contributed by atoms with Crippen LogP contribution in [0.5, 0.6) is 0 Å². The second kappa shape index (κ2) is 7.38. The second-order valence-corrected chi connectivity index (χ2v) is 6.18. The van der Waals surface area contributed by atoms with E-state index in [2.05, 4.69) is 16.7 Å². The average molecular weight is 343 g/mol.